The molecule has 1 aromatic rings. The van der Waals surface area contributed by atoms with Crippen LogP contribution in [0.3, 0.4) is 0 Å². The van der Waals surface area contributed by atoms with Gasteiger partial charge in [0.05, 0.1) is 25.4 Å². The maximum atomic E-state index is 10.0. The normalized spacial score (nSPS) is 25.4. The van der Waals surface area contributed by atoms with Gasteiger partial charge in [0.1, 0.15) is 37.1 Å². The van der Waals surface area contributed by atoms with Gasteiger partial charge in [-0.05, 0) is 37.8 Å². The van der Waals surface area contributed by atoms with Gasteiger partial charge in [-0.25, -0.2) is 0 Å². The minimum absolute atomic E-state index is 0. The van der Waals surface area contributed by atoms with Crippen molar-refractivity contribution in [3.63, 3.8) is 0 Å². The van der Waals surface area contributed by atoms with Crippen molar-refractivity contribution in [2.24, 2.45) is 0 Å². The van der Waals surface area contributed by atoms with Gasteiger partial charge in [-0.2, -0.15) is 0 Å². The van der Waals surface area contributed by atoms with Crippen molar-refractivity contribution in [2.75, 3.05) is 13.2 Å². The molecule has 0 spiro atoms. The number of furan rings is 1. The lowest BCUT2D eigenvalue weighted by atomic mass is 10.2. The molecule has 3 N–H and O–H groups in total. The molecule has 28 heavy (non-hydrogen) atoms. The van der Waals surface area contributed by atoms with Crippen molar-refractivity contribution in [1.29, 1.82) is 0 Å². The van der Waals surface area contributed by atoms with Gasteiger partial charge >= 0.3 is 0 Å². The Morgan fingerprint density at radius 3 is 1.68 bits per heavy atom. The lowest BCUT2D eigenvalue weighted by molar-refractivity contribution is -0.123. The molecular formula is C19H32O9. The van der Waals surface area contributed by atoms with Crippen molar-refractivity contribution in [3.05, 3.63) is 23.7 Å². The molecule has 4 atom stereocenters. The van der Waals surface area contributed by atoms with Gasteiger partial charge < -0.3 is 38.8 Å². The fourth-order valence-electron chi connectivity index (χ4n) is 2.48. The van der Waals surface area contributed by atoms with E-state index in [0.717, 1.165) is 25.4 Å². The third-order valence-electron chi connectivity index (χ3n) is 3.95. The van der Waals surface area contributed by atoms with E-state index in [-0.39, 0.29) is 58.9 Å². The Balaban J connectivity index is 0. The standard InChI is InChI=1S/C6H12O3.C6H8O3.C6H6O3.CH4.H2/c3*7-3-5-1-2-6(4-8)9-5;;/h5-8H,1-4H2;3-6H,1-2H2;1-3,8H,4H2;1H4;1H. The third kappa shape index (κ3) is 9.34. The molecule has 4 unspecified atom stereocenters. The summed E-state index contributed by atoms with van der Waals surface area (Å²) >= 11 is 0. The van der Waals surface area contributed by atoms with Crippen molar-refractivity contribution in [1.82, 2.24) is 0 Å². The molecule has 0 radical (unpaired) electrons. The first kappa shape index (κ1) is 26.1. The molecule has 2 saturated heterocycles. The van der Waals surface area contributed by atoms with Gasteiger partial charge in [0.2, 0.25) is 0 Å². The van der Waals surface area contributed by atoms with Crippen LogP contribution in [0, 0.1) is 0 Å². The van der Waals surface area contributed by atoms with Crippen molar-refractivity contribution >= 4 is 18.9 Å². The summed E-state index contributed by atoms with van der Waals surface area (Å²) in [6, 6.07) is 3.07. The van der Waals surface area contributed by atoms with Crippen LogP contribution in [-0.4, -0.2) is 71.8 Å². The van der Waals surface area contributed by atoms with E-state index >= 15 is 0 Å². The van der Waals surface area contributed by atoms with Crippen LogP contribution >= 0.6 is 0 Å². The smallest absolute Gasteiger partial charge is 0.185 e. The second-order valence-electron chi connectivity index (χ2n) is 5.97. The number of carbonyl (C=O) groups is 3. The van der Waals surface area contributed by atoms with E-state index in [1.807, 2.05) is 0 Å². The van der Waals surface area contributed by atoms with Gasteiger partial charge in [0, 0.05) is 1.43 Å². The highest BCUT2D eigenvalue weighted by atomic mass is 16.5. The van der Waals surface area contributed by atoms with Crippen molar-refractivity contribution in [3.8, 4) is 0 Å². The molecule has 162 valence electrons. The first-order chi connectivity index (χ1) is 13.1. The molecule has 2 fully saturated rings. The fourth-order valence-corrected chi connectivity index (χ4v) is 2.48. The van der Waals surface area contributed by atoms with E-state index in [0.29, 0.717) is 24.9 Å². The van der Waals surface area contributed by atoms with E-state index in [1.165, 1.54) is 6.07 Å². The topological polar surface area (TPSA) is 144 Å². The molecule has 3 rings (SSSR count). The molecule has 0 aliphatic carbocycles. The second kappa shape index (κ2) is 15.1. The van der Waals surface area contributed by atoms with Crippen molar-refractivity contribution in [2.45, 2.75) is 64.1 Å². The Labute approximate surface area is 165 Å². The number of aliphatic hydroxyl groups is 3. The molecule has 0 saturated carbocycles. The zero-order valence-corrected chi connectivity index (χ0v) is 14.9. The Bertz CT molecular complexity index is 540. The Morgan fingerprint density at radius 1 is 0.893 bits per heavy atom. The van der Waals surface area contributed by atoms with Crippen LogP contribution in [0.4, 0.5) is 0 Å². The van der Waals surface area contributed by atoms with Gasteiger partial charge in [-0.3, -0.25) is 4.79 Å². The van der Waals surface area contributed by atoms with Gasteiger partial charge in [-0.15, -0.1) is 0 Å². The molecule has 2 aliphatic rings. The van der Waals surface area contributed by atoms with E-state index in [9.17, 15) is 14.4 Å². The SMILES string of the molecule is C.O=CC1CCC(C=O)O1.O=Cc1ccc(CO)o1.OCC1CCC(CO)O1.[HH]. The molecule has 9 nitrogen and oxygen atoms in total. The first-order valence-corrected chi connectivity index (χ1v) is 8.68. The summed E-state index contributed by atoms with van der Waals surface area (Å²) < 4.78 is 14.8. The average Bonchev–Trinajstić information content (AvgIpc) is 3.48. The summed E-state index contributed by atoms with van der Waals surface area (Å²) in [6.45, 7) is 0.000833. The lowest BCUT2D eigenvalue weighted by Crippen LogP contribution is -2.16. The molecule has 0 amide bonds. The number of hydrogen-bond acceptors (Lipinski definition) is 9. The maximum absolute atomic E-state index is 10.0. The summed E-state index contributed by atoms with van der Waals surface area (Å²) in [4.78, 5) is 30.0. The highest BCUT2D eigenvalue weighted by Crippen LogP contribution is 2.18. The predicted octanol–water partition coefficient (Wildman–Crippen LogP) is 0.917. The number of ether oxygens (including phenoxy) is 2. The first-order valence-electron chi connectivity index (χ1n) is 8.68. The van der Waals surface area contributed by atoms with Crippen molar-refractivity contribution < 1.29 is 45.0 Å². The highest BCUT2D eigenvalue weighted by Gasteiger charge is 2.24. The quantitative estimate of drug-likeness (QED) is 0.589. The second-order valence-corrected chi connectivity index (χ2v) is 5.97. The third-order valence-corrected chi connectivity index (χ3v) is 3.95. The van der Waals surface area contributed by atoms with Crippen LogP contribution in [0.5, 0.6) is 0 Å². The monoisotopic (exact) mass is 404 g/mol. The summed E-state index contributed by atoms with van der Waals surface area (Å²) in [5, 5.41) is 25.6. The van der Waals surface area contributed by atoms with Gasteiger partial charge in [0.25, 0.3) is 0 Å². The summed E-state index contributed by atoms with van der Waals surface area (Å²) in [6.07, 6.45) is 4.49. The summed E-state index contributed by atoms with van der Waals surface area (Å²) in [7, 11) is 0. The Morgan fingerprint density at radius 2 is 1.43 bits per heavy atom. The van der Waals surface area contributed by atoms with Crippen LogP contribution < -0.4 is 0 Å². The van der Waals surface area contributed by atoms with E-state index in [4.69, 9.17) is 29.2 Å². The Hall–Kier alpha value is -1.91. The van der Waals surface area contributed by atoms with Gasteiger partial charge in [0.15, 0.2) is 12.0 Å². The van der Waals surface area contributed by atoms with Crippen LogP contribution in [0.2, 0.25) is 0 Å². The number of carbonyl (C=O) groups excluding carboxylic acids is 3. The largest absolute Gasteiger partial charge is 0.456 e. The maximum Gasteiger partial charge on any atom is 0.185 e. The van der Waals surface area contributed by atoms with Crippen LogP contribution in [0.15, 0.2) is 16.5 Å². The Kier molecular flexibility index (Phi) is 14.0. The number of aliphatic hydroxyl groups excluding tert-OH is 3. The molecule has 2 aliphatic heterocycles. The minimum atomic E-state index is -0.333. The minimum Gasteiger partial charge on any atom is -0.456 e. The molecular weight excluding hydrogens is 372 g/mol. The molecule has 9 heteroatoms. The van der Waals surface area contributed by atoms with Crippen LogP contribution in [-0.2, 0) is 25.7 Å². The predicted molar refractivity (Wildman–Crippen MR) is 101 cm³/mol. The van der Waals surface area contributed by atoms with E-state index < -0.39 is 0 Å². The number of hydrogen-bond donors (Lipinski definition) is 3. The van der Waals surface area contributed by atoms with E-state index in [2.05, 4.69) is 0 Å². The average molecular weight is 404 g/mol. The van der Waals surface area contributed by atoms with Gasteiger partial charge in [-0.1, -0.05) is 7.43 Å². The lowest BCUT2D eigenvalue weighted by Gasteiger charge is -2.07. The zero-order valence-electron chi connectivity index (χ0n) is 14.9. The molecule has 3 heterocycles. The van der Waals surface area contributed by atoms with Crippen LogP contribution in [0.25, 0.3) is 0 Å². The molecule has 0 aromatic carbocycles. The highest BCUT2D eigenvalue weighted by molar-refractivity contribution is 5.70. The summed E-state index contributed by atoms with van der Waals surface area (Å²) in [5.41, 5.74) is 0. The summed E-state index contributed by atoms with van der Waals surface area (Å²) in [5.74, 6) is 0.663. The zero-order chi connectivity index (χ0) is 20.1. The fraction of sp³-hybridized carbons (Fsp3) is 0.632. The van der Waals surface area contributed by atoms with E-state index in [1.54, 1.807) is 6.07 Å². The van der Waals surface area contributed by atoms with Crippen LogP contribution in [0.1, 0.15) is 50.9 Å². The molecule has 1 aromatic heterocycles. The molecule has 0 bridgehead atoms. The number of aldehydes is 3. The number of rotatable bonds is 6.